The zero-order valence-corrected chi connectivity index (χ0v) is 13.3. The molecule has 0 radical (unpaired) electrons. The average molecular weight is 298 g/mol. The van der Waals surface area contributed by atoms with Gasteiger partial charge >= 0.3 is 0 Å². The Labute approximate surface area is 126 Å². The van der Waals surface area contributed by atoms with Crippen LogP contribution in [0.25, 0.3) is 0 Å². The van der Waals surface area contributed by atoms with Gasteiger partial charge in [0.15, 0.2) is 11.6 Å². The van der Waals surface area contributed by atoms with E-state index in [2.05, 4.69) is 27.5 Å². The molecule has 0 aromatic carbocycles. The molecule has 21 heavy (non-hydrogen) atoms. The minimum atomic E-state index is -0.886. The molecule has 1 heterocycles. The van der Waals surface area contributed by atoms with Crippen LogP contribution in [0.15, 0.2) is 6.33 Å². The van der Waals surface area contributed by atoms with E-state index in [1.54, 1.807) is 21.1 Å². The highest BCUT2D eigenvalue weighted by molar-refractivity contribution is 5.63. The summed E-state index contributed by atoms with van der Waals surface area (Å²) >= 11 is 0. The molecule has 120 valence electrons. The normalized spacial score (nSPS) is 13.6. The number of aromatic nitrogens is 2. The van der Waals surface area contributed by atoms with Crippen LogP contribution >= 0.6 is 0 Å². The molecule has 1 rings (SSSR count). The monoisotopic (exact) mass is 298 g/mol. The number of ether oxygens (including phenoxy) is 2. The van der Waals surface area contributed by atoms with Gasteiger partial charge in [-0.25, -0.2) is 9.97 Å². The second-order valence-corrected chi connectivity index (χ2v) is 5.12. The van der Waals surface area contributed by atoms with Crippen molar-refractivity contribution in [3.8, 4) is 5.75 Å². The van der Waals surface area contributed by atoms with Crippen LogP contribution in [0.2, 0.25) is 0 Å². The molecule has 1 aromatic heterocycles. The first-order chi connectivity index (χ1) is 10.0. The van der Waals surface area contributed by atoms with E-state index in [1.165, 1.54) is 6.33 Å². The number of aliphatic hydroxyl groups is 1. The summed E-state index contributed by atoms with van der Waals surface area (Å²) in [6.07, 6.45) is 2.99. The van der Waals surface area contributed by atoms with Gasteiger partial charge in [0.05, 0.1) is 12.7 Å². The van der Waals surface area contributed by atoms with Gasteiger partial charge in [0.25, 0.3) is 0 Å². The van der Waals surface area contributed by atoms with Crippen LogP contribution < -0.4 is 15.4 Å². The molecule has 0 aliphatic heterocycles. The highest BCUT2D eigenvalue weighted by atomic mass is 16.5. The lowest BCUT2D eigenvalue weighted by atomic mass is 10.0. The van der Waals surface area contributed by atoms with Crippen molar-refractivity contribution in [3.63, 3.8) is 0 Å². The summed E-state index contributed by atoms with van der Waals surface area (Å²) in [5.74, 6) is 1.76. The molecule has 1 atom stereocenters. The zero-order chi connectivity index (χ0) is 15.7. The molecule has 0 saturated carbocycles. The predicted molar refractivity (Wildman–Crippen MR) is 83.0 cm³/mol. The van der Waals surface area contributed by atoms with Gasteiger partial charge in [-0.1, -0.05) is 6.92 Å². The van der Waals surface area contributed by atoms with Crippen molar-refractivity contribution >= 4 is 11.6 Å². The van der Waals surface area contributed by atoms with E-state index >= 15 is 0 Å². The van der Waals surface area contributed by atoms with Crippen LogP contribution in [0.3, 0.4) is 0 Å². The molecule has 1 aromatic rings. The maximum Gasteiger partial charge on any atom is 0.204 e. The average Bonchev–Trinajstić information content (AvgIpc) is 2.48. The lowest BCUT2D eigenvalue weighted by Crippen LogP contribution is -2.35. The van der Waals surface area contributed by atoms with E-state index in [1.807, 2.05) is 0 Å². The summed E-state index contributed by atoms with van der Waals surface area (Å²) in [4.78, 5) is 8.34. The van der Waals surface area contributed by atoms with Crippen molar-refractivity contribution in [1.29, 1.82) is 0 Å². The van der Waals surface area contributed by atoms with Gasteiger partial charge in [-0.05, 0) is 13.3 Å². The van der Waals surface area contributed by atoms with Crippen LogP contribution in [-0.4, -0.2) is 54.6 Å². The summed E-state index contributed by atoms with van der Waals surface area (Å²) < 4.78 is 10.4. The Balaban J connectivity index is 2.74. The van der Waals surface area contributed by atoms with Crippen molar-refractivity contribution in [2.75, 3.05) is 44.5 Å². The van der Waals surface area contributed by atoms with Crippen LogP contribution in [0.4, 0.5) is 11.6 Å². The summed E-state index contributed by atoms with van der Waals surface area (Å²) in [6.45, 7) is 5.48. The van der Waals surface area contributed by atoms with Crippen LogP contribution in [-0.2, 0) is 4.74 Å². The molecule has 3 N–H and O–H groups in total. The van der Waals surface area contributed by atoms with Crippen LogP contribution in [0.1, 0.15) is 26.7 Å². The third-order valence-corrected chi connectivity index (χ3v) is 3.03. The fourth-order valence-corrected chi connectivity index (χ4v) is 1.75. The van der Waals surface area contributed by atoms with E-state index in [9.17, 15) is 5.11 Å². The van der Waals surface area contributed by atoms with Crippen molar-refractivity contribution in [1.82, 2.24) is 9.97 Å². The minimum absolute atomic E-state index is 0.344. The fraction of sp³-hybridized carbons (Fsp3) is 0.714. The van der Waals surface area contributed by atoms with Gasteiger partial charge in [-0.2, -0.15) is 0 Å². The number of rotatable bonds is 10. The summed E-state index contributed by atoms with van der Waals surface area (Å²) in [5, 5.41) is 16.5. The zero-order valence-electron chi connectivity index (χ0n) is 13.3. The number of hydrogen-bond acceptors (Lipinski definition) is 7. The molecule has 0 aliphatic rings. The quantitative estimate of drug-likeness (QED) is 0.603. The molecule has 0 amide bonds. The number of methoxy groups -OCH3 is 2. The fourth-order valence-electron chi connectivity index (χ4n) is 1.75. The molecular formula is C14H26N4O3. The maximum absolute atomic E-state index is 10.2. The Hall–Kier alpha value is -1.60. The molecule has 7 nitrogen and oxygen atoms in total. The first kappa shape index (κ1) is 17.5. The van der Waals surface area contributed by atoms with Crippen molar-refractivity contribution in [2.45, 2.75) is 32.3 Å². The Morgan fingerprint density at radius 2 is 1.90 bits per heavy atom. The van der Waals surface area contributed by atoms with Gasteiger partial charge in [0, 0.05) is 33.2 Å². The first-order valence-corrected chi connectivity index (χ1v) is 7.12. The Morgan fingerprint density at radius 3 is 2.48 bits per heavy atom. The van der Waals surface area contributed by atoms with Gasteiger partial charge < -0.3 is 25.2 Å². The lowest BCUT2D eigenvalue weighted by Gasteiger charge is -2.24. The highest BCUT2D eigenvalue weighted by Crippen LogP contribution is 2.29. The maximum atomic E-state index is 10.2. The van der Waals surface area contributed by atoms with Crippen molar-refractivity contribution in [2.24, 2.45) is 0 Å². The summed E-state index contributed by atoms with van der Waals surface area (Å²) in [7, 11) is 3.19. The standard InChI is InChI=1S/C14H26N4O3/c1-5-7-15-12-11(21-4)13(18-10-17-12)16-9-14(2,19)6-8-20-3/h10,19H,5-9H2,1-4H3,(H2,15,16,17,18). The second kappa shape index (κ2) is 8.63. The van der Waals surface area contributed by atoms with Gasteiger partial charge in [0.1, 0.15) is 6.33 Å². The Kier molecular flexibility index (Phi) is 7.18. The summed E-state index contributed by atoms with van der Waals surface area (Å²) in [5.41, 5.74) is -0.886. The molecule has 7 heteroatoms. The van der Waals surface area contributed by atoms with E-state index in [0.717, 1.165) is 13.0 Å². The largest absolute Gasteiger partial charge is 0.490 e. The third kappa shape index (κ3) is 5.73. The van der Waals surface area contributed by atoms with E-state index in [-0.39, 0.29) is 0 Å². The van der Waals surface area contributed by atoms with E-state index in [4.69, 9.17) is 9.47 Å². The second-order valence-electron chi connectivity index (χ2n) is 5.12. The van der Waals surface area contributed by atoms with Gasteiger partial charge in [-0.3, -0.25) is 0 Å². The number of nitrogens with zero attached hydrogens (tertiary/aromatic N) is 2. The molecular weight excluding hydrogens is 272 g/mol. The Morgan fingerprint density at radius 1 is 1.24 bits per heavy atom. The minimum Gasteiger partial charge on any atom is -0.490 e. The smallest absolute Gasteiger partial charge is 0.204 e. The van der Waals surface area contributed by atoms with Gasteiger partial charge in [-0.15, -0.1) is 0 Å². The lowest BCUT2D eigenvalue weighted by molar-refractivity contribution is 0.0356. The van der Waals surface area contributed by atoms with Crippen molar-refractivity contribution < 1.29 is 14.6 Å². The van der Waals surface area contributed by atoms with Crippen molar-refractivity contribution in [3.05, 3.63) is 6.33 Å². The molecule has 0 spiro atoms. The van der Waals surface area contributed by atoms with E-state index < -0.39 is 5.60 Å². The molecule has 0 bridgehead atoms. The Bertz CT molecular complexity index is 427. The molecule has 0 fully saturated rings. The number of anilines is 2. The number of nitrogens with one attached hydrogen (secondary N) is 2. The van der Waals surface area contributed by atoms with Crippen LogP contribution in [0, 0.1) is 0 Å². The van der Waals surface area contributed by atoms with Gasteiger partial charge in [0.2, 0.25) is 5.75 Å². The van der Waals surface area contributed by atoms with E-state index in [0.29, 0.717) is 37.0 Å². The first-order valence-electron chi connectivity index (χ1n) is 7.12. The van der Waals surface area contributed by atoms with Crippen LogP contribution in [0.5, 0.6) is 5.75 Å². The topological polar surface area (TPSA) is 88.5 Å². The predicted octanol–water partition coefficient (Wildman–Crippen LogP) is 1.51. The summed E-state index contributed by atoms with van der Waals surface area (Å²) in [6, 6.07) is 0. The number of hydrogen-bond donors (Lipinski definition) is 3. The third-order valence-electron chi connectivity index (χ3n) is 3.03. The molecule has 0 aliphatic carbocycles. The SMILES string of the molecule is CCCNc1ncnc(NCC(C)(O)CCOC)c1OC. The molecule has 1 unspecified atom stereocenters. The molecule has 0 saturated heterocycles. The highest BCUT2D eigenvalue weighted by Gasteiger charge is 2.21.